The Balaban J connectivity index is 1.74. The van der Waals surface area contributed by atoms with Gasteiger partial charge in [0.15, 0.2) is 5.13 Å². The molecule has 5 heteroatoms. The summed E-state index contributed by atoms with van der Waals surface area (Å²) in [6.45, 7) is 0.955. The molecule has 1 N–H and O–H groups in total. The molecule has 0 atom stereocenters. The Morgan fingerprint density at radius 3 is 2.95 bits per heavy atom. The van der Waals surface area contributed by atoms with Gasteiger partial charge in [0, 0.05) is 11.3 Å². The number of thiazole rings is 1. The van der Waals surface area contributed by atoms with Gasteiger partial charge in [-0.05, 0) is 37.3 Å². The number of aromatic nitrogens is 1. The first-order valence-corrected chi connectivity index (χ1v) is 8.60. The average molecular weight is 296 g/mol. The smallest absolute Gasteiger partial charge is 0.183 e. The molecule has 0 bridgehead atoms. The van der Waals surface area contributed by atoms with Crippen LogP contribution in [0.3, 0.4) is 0 Å². The molecule has 1 fully saturated rings. The Morgan fingerprint density at radius 1 is 1.42 bits per heavy atom. The minimum atomic E-state index is -0.195. The maximum absolute atomic E-state index is 13.1. The van der Waals surface area contributed by atoms with Crippen LogP contribution in [0.5, 0.6) is 0 Å². The molecule has 3 rings (SSSR count). The Hall–Kier alpha value is -0.810. The minimum absolute atomic E-state index is 0.195. The number of fused-ring (bicyclic) bond motifs is 1. The highest BCUT2D eigenvalue weighted by atomic mass is 32.2. The monoisotopic (exact) mass is 296 g/mol. The number of anilines is 1. The molecular formula is C14H17FN2S2. The van der Waals surface area contributed by atoms with Crippen LogP contribution >= 0.6 is 23.1 Å². The number of nitrogens with one attached hydrogen (secondary N) is 1. The van der Waals surface area contributed by atoms with Gasteiger partial charge in [0.2, 0.25) is 0 Å². The molecule has 19 heavy (non-hydrogen) atoms. The molecule has 0 aliphatic heterocycles. The predicted octanol–water partition coefficient (Wildman–Crippen LogP) is 4.52. The molecule has 0 amide bonds. The van der Waals surface area contributed by atoms with Crippen LogP contribution in [0.1, 0.15) is 25.7 Å². The number of hydrogen-bond acceptors (Lipinski definition) is 4. The summed E-state index contributed by atoms with van der Waals surface area (Å²) in [4.78, 5) is 4.51. The lowest BCUT2D eigenvalue weighted by molar-refractivity contribution is 0.630. The number of nitrogens with zero attached hydrogens (tertiary/aromatic N) is 1. The predicted molar refractivity (Wildman–Crippen MR) is 82.8 cm³/mol. The zero-order chi connectivity index (χ0) is 13.3. The van der Waals surface area contributed by atoms with Crippen molar-refractivity contribution < 1.29 is 4.39 Å². The molecule has 0 radical (unpaired) electrons. The number of thioether (sulfide) groups is 1. The Labute approximate surface area is 120 Å². The van der Waals surface area contributed by atoms with E-state index in [2.05, 4.69) is 16.6 Å². The van der Waals surface area contributed by atoms with Crippen molar-refractivity contribution in [2.75, 3.05) is 18.1 Å². The Kier molecular flexibility index (Phi) is 3.67. The summed E-state index contributed by atoms with van der Waals surface area (Å²) in [5, 5.41) is 4.36. The number of halogens is 1. The minimum Gasteiger partial charge on any atom is -0.360 e. The van der Waals surface area contributed by atoms with Gasteiger partial charge in [0.05, 0.1) is 10.2 Å². The van der Waals surface area contributed by atoms with Crippen molar-refractivity contribution in [2.45, 2.75) is 30.4 Å². The first-order valence-electron chi connectivity index (χ1n) is 6.56. The van der Waals surface area contributed by atoms with Crippen molar-refractivity contribution in [3.8, 4) is 0 Å². The van der Waals surface area contributed by atoms with Gasteiger partial charge < -0.3 is 5.32 Å². The van der Waals surface area contributed by atoms with Gasteiger partial charge >= 0.3 is 0 Å². The van der Waals surface area contributed by atoms with E-state index in [0.29, 0.717) is 4.75 Å². The summed E-state index contributed by atoms with van der Waals surface area (Å²) >= 11 is 3.50. The third-order valence-electron chi connectivity index (χ3n) is 3.86. The van der Waals surface area contributed by atoms with Crippen LogP contribution in [0, 0.1) is 5.82 Å². The van der Waals surface area contributed by atoms with E-state index in [1.54, 1.807) is 12.1 Å². The van der Waals surface area contributed by atoms with Crippen molar-refractivity contribution in [3.63, 3.8) is 0 Å². The summed E-state index contributed by atoms with van der Waals surface area (Å²) in [6, 6.07) is 4.76. The van der Waals surface area contributed by atoms with E-state index in [1.807, 2.05) is 11.8 Å². The standard InChI is InChI=1S/C14H17FN2S2/c1-18-14(6-2-3-7-14)9-16-13-17-11-5-4-10(15)8-12(11)19-13/h4-5,8H,2-3,6-7,9H2,1H3,(H,16,17). The quantitative estimate of drug-likeness (QED) is 0.897. The van der Waals surface area contributed by atoms with Crippen LogP contribution in [0.15, 0.2) is 18.2 Å². The molecular weight excluding hydrogens is 279 g/mol. The number of hydrogen-bond donors (Lipinski definition) is 1. The lowest BCUT2D eigenvalue weighted by Crippen LogP contribution is -2.29. The average Bonchev–Trinajstić information content (AvgIpc) is 3.02. The lowest BCUT2D eigenvalue weighted by atomic mass is 10.1. The highest BCUT2D eigenvalue weighted by Crippen LogP contribution is 2.40. The van der Waals surface area contributed by atoms with Crippen LogP contribution in [0.2, 0.25) is 0 Å². The second kappa shape index (κ2) is 5.29. The third-order valence-corrected chi connectivity index (χ3v) is 6.25. The highest BCUT2D eigenvalue weighted by Gasteiger charge is 2.32. The van der Waals surface area contributed by atoms with Crippen molar-refractivity contribution >= 4 is 38.4 Å². The number of rotatable bonds is 4. The van der Waals surface area contributed by atoms with Crippen molar-refractivity contribution in [2.24, 2.45) is 0 Å². The molecule has 0 unspecified atom stereocenters. The first-order chi connectivity index (χ1) is 9.21. The largest absolute Gasteiger partial charge is 0.360 e. The van der Waals surface area contributed by atoms with E-state index < -0.39 is 0 Å². The Morgan fingerprint density at radius 2 is 2.21 bits per heavy atom. The summed E-state index contributed by atoms with van der Waals surface area (Å²) < 4.78 is 14.4. The SMILES string of the molecule is CSC1(CNc2nc3ccc(F)cc3s2)CCCC1. The maximum Gasteiger partial charge on any atom is 0.183 e. The normalized spacial score (nSPS) is 18.0. The van der Waals surface area contributed by atoms with Crippen LogP contribution in [0.25, 0.3) is 10.2 Å². The molecule has 0 spiro atoms. The van der Waals surface area contributed by atoms with E-state index in [-0.39, 0.29) is 5.82 Å². The van der Waals surface area contributed by atoms with Crippen molar-refractivity contribution in [1.82, 2.24) is 4.98 Å². The summed E-state index contributed by atoms with van der Waals surface area (Å²) in [5.41, 5.74) is 0.874. The van der Waals surface area contributed by atoms with Gasteiger partial charge in [-0.3, -0.25) is 0 Å². The van der Waals surface area contributed by atoms with Gasteiger partial charge in [0.25, 0.3) is 0 Å². The van der Waals surface area contributed by atoms with Gasteiger partial charge in [-0.2, -0.15) is 11.8 Å². The Bertz CT molecular complexity index is 576. The van der Waals surface area contributed by atoms with Crippen LogP contribution in [0.4, 0.5) is 9.52 Å². The topological polar surface area (TPSA) is 24.9 Å². The molecule has 2 aromatic rings. The van der Waals surface area contributed by atoms with Gasteiger partial charge in [-0.25, -0.2) is 9.37 Å². The van der Waals surface area contributed by atoms with Gasteiger partial charge in [-0.15, -0.1) is 0 Å². The van der Waals surface area contributed by atoms with E-state index in [0.717, 1.165) is 21.9 Å². The second-order valence-corrected chi connectivity index (χ2v) is 7.38. The maximum atomic E-state index is 13.1. The summed E-state index contributed by atoms with van der Waals surface area (Å²) in [7, 11) is 0. The van der Waals surface area contributed by atoms with E-state index >= 15 is 0 Å². The lowest BCUT2D eigenvalue weighted by Gasteiger charge is -2.26. The summed E-state index contributed by atoms with van der Waals surface area (Å²) in [6.07, 6.45) is 7.41. The molecule has 1 aromatic heterocycles. The van der Waals surface area contributed by atoms with E-state index in [1.165, 1.54) is 43.1 Å². The van der Waals surface area contributed by atoms with Crippen molar-refractivity contribution in [1.29, 1.82) is 0 Å². The molecule has 0 saturated heterocycles. The molecule has 2 nitrogen and oxygen atoms in total. The number of benzene rings is 1. The molecule has 102 valence electrons. The zero-order valence-electron chi connectivity index (χ0n) is 10.9. The third kappa shape index (κ3) is 2.72. The van der Waals surface area contributed by atoms with Crippen molar-refractivity contribution in [3.05, 3.63) is 24.0 Å². The summed E-state index contributed by atoms with van der Waals surface area (Å²) in [5.74, 6) is -0.195. The fraction of sp³-hybridized carbons (Fsp3) is 0.500. The molecule has 1 aliphatic carbocycles. The van der Waals surface area contributed by atoms with E-state index in [4.69, 9.17) is 0 Å². The zero-order valence-corrected chi connectivity index (χ0v) is 12.5. The fourth-order valence-corrected chi connectivity index (χ4v) is 4.48. The van der Waals surface area contributed by atoms with Gasteiger partial charge in [0.1, 0.15) is 5.82 Å². The van der Waals surface area contributed by atoms with Crippen LogP contribution in [-0.4, -0.2) is 22.5 Å². The first kappa shape index (κ1) is 13.2. The second-order valence-electron chi connectivity index (χ2n) is 5.08. The van der Waals surface area contributed by atoms with E-state index in [9.17, 15) is 4.39 Å². The molecule has 1 heterocycles. The fourth-order valence-electron chi connectivity index (χ4n) is 2.68. The molecule has 1 aromatic carbocycles. The van der Waals surface area contributed by atoms with Crippen LogP contribution in [-0.2, 0) is 0 Å². The van der Waals surface area contributed by atoms with Gasteiger partial charge in [-0.1, -0.05) is 24.2 Å². The molecule has 1 aliphatic rings. The molecule has 1 saturated carbocycles. The van der Waals surface area contributed by atoms with Crippen LogP contribution < -0.4 is 5.32 Å². The highest BCUT2D eigenvalue weighted by molar-refractivity contribution is 8.00.